The first-order valence-electron chi connectivity index (χ1n) is 5.45. The highest BCUT2D eigenvalue weighted by atomic mass is 79.9. The monoisotopic (exact) mass is 291 g/mol. The van der Waals surface area contributed by atoms with Gasteiger partial charge in [-0.2, -0.15) is 0 Å². The normalized spacial score (nSPS) is 12.5. The summed E-state index contributed by atoms with van der Waals surface area (Å²) in [6.07, 6.45) is 1.10. The van der Waals surface area contributed by atoms with Crippen LogP contribution in [0.4, 0.5) is 0 Å². The molecule has 0 aliphatic heterocycles. The van der Waals surface area contributed by atoms with Gasteiger partial charge in [0.15, 0.2) is 0 Å². The van der Waals surface area contributed by atoms with E-state index in [-0.39, 0.29) is 0 Å². The number of rotatable bonds is 2. The zero-order chi connectivity index (χ0) is 12.4. The molecule has 1 aromatic heterocycles. The molecule has 0 saturated heterocycles. The summed E-state index contributed by atoms with van der Waals surface area (Å²) >= 11 is 3.47. The van der Waals surface area contributed by atoms with E-state index in [1.54, 1.807) is 6.20 Å². The van der Waals surface area contributed by atoms with Crippen molar-refractivity contribution in [3.8, 4) is 0 Å². The van der Waals surface area contributed by atoms with Crippen molar-refractivity contribution in [2.24, 2.45) is 0 Å². The number of aliphatic hydroxyl groups excluding tert-OH is 1. The third-order valence-corrected chi connectivity index (χ3v) is 3.71. The summed E-state index contributed by atoms with van der Waals surface area (Å²) < 4.78 is 1.01. The van der Waals surface area contributed by atoms with Crippen LogP contribution in [0, 0.1) is 13.8 Å². The van der Waals surface area contributed by atoms with E-state index in [4.69, 9.17) is 0 Å². The summed E-state index contributed by atoms with van der Waals surface area (Å²) in [5.74, 6) is 0. The van der Waals surface area contributed by atoms with E-state index in [0.29, 0.717) is 0 Å². The lowest BCUT2D eigenvalue weighted by Gasteiger charge is -2.14. The summed E-state index contributed by atoms with van der Waals surface area (Å²) in [6, 6.07) is 9.65. The molecule has 0 fully saturated rings. The number of benzene rings is 1. The van der Waals surface area contributed by atoms with Crippen LogP contribution in [0.25, 0.3) is 0 Å². The second kappa shape index (κ2) is 4.98. The number of aromatic nitrogens is 1. The van der Waals surface area contributed by atoms with Gasteiger partial charge in [-0.1, -0.05) is 34.1 Å². The molecule has 2 aromatic rings. The van der Waals surface area contributed by atoms with E-state index in [9.17, 15) is 5.11 Å². The fourth-order valence-corrected chi connectivity index (χ4v) is 2.12. The van der Waals surface area contributed by atoms with Crippen molar-refractivity contribution < 1.29 is 5.11 Å². The Balaban J connectivity index is 2.40. The molecule has 3 heteroatoms. The Morgan fingerprint density at radius 1 is 1.18 bits per heavy atom. The molecule has 0 aliphatic rings. The van der Waals surface area contributed by atoms with E-state index in [1.165, 1.54) is 0 Å². The molecule has 1 unspecified atom stereocenters. The molecule has 0 aliphatic carbocycles. The maximum absolute atomic E-state index is 10.3. The number of halogens is 1. The summed E-state index contributed by atoms with van der Waals surface area (Å²) in [4.78, 5) is 4.21. The molecule has 0 bridgehead atoms. The van der Waals surface area contributed by atoms with E-state index in [2.05, 4.69) is 20.9 Å². The zero-order valence-corrected chi connectivity index (χ0v) is 11.4. The van der Waals surface area contributed by atoms with Crippen LogP contribution in [-0.2, 0) is 0 Å². The number of hydrogen-bond donors (Lipinski definition) is 1. The molecule has 88 valence electrons. The molecule has 0 radical (unpaired) electrons. The van der Waals surface area contributed by atoms with Gasteiger partial charge >= 0.3 is 0 Å². The molecule has 0 amide bonds. The van der Waals surface area contributed by atoms with Gasteiger partial charge in [0.25, 0.3) is 0 Å². The molecular weight excluding hydrogens is 278 g/mol. The van der Waals surface area contributed by atoms with Crippen LogP contribution in [0.1, 0.15) is 28.5 Å². The van der Waals surface area contributed by atoms with Crippen LogP contribution in [0.2, 0.25) is 0 Å². The summed E-state index contributed by atoms with van der Waals surface area (Å²) in [6.45, 7) is 3.92. The number of nitrogens with zero attached hydrogens (tertiary/aromatic N) is 1. The topological polar surface area (TPSA) is 33.1 Å². The highest BCUT2D eigenvalue weighted by Gasteiger charge is 2.14. The van der Waals surface area contributed by atoms with Gasteiger partial charge in [-0.25, -0.2) is 0 Å². The smallest absolute Gasteiger partial charge is 0.106 e. The maximum atomic E-state index is 10.3. The van der Waals surface area contributed by atoms with Crippen molar-refractivity contribution in [1.82, 2.24) is 4.98 Å². The highest BCUT2D eigenvalue weighted by Crippen LogP contribution is 2.28. The van der Waals surface area contributed by atoms with Crippen molar-refractivity contribution in [2.45, 2.75) is 20.0 Å². The molecule has 2 rings (SSSR count). The van der Waals surface area contributed by atoms with Gasteiger partial charge in [0.2, 0.25) is 0 Å². The Bertz CT molecular complexity index is 522. The Kier molecular flexibility index (Phi) is 3.60. The second-order valence-electron chi connectivity index (χ2n) is 4.09. The summed E-state index contributed by atoms with van der Waals surface area (Å²) in [7, 11) is 0. The minimum atomic E-state index is -0.624. The predicted octanol–water partition coefficient (Wildman–Crippen LogP) is 3.54. The second-order valence-corrected chi connectivity index (χ2v) is 4.94. The summed E-state index contributed by atoms with van der Waals surface area (Å²) in [5.41, 5.74) is 3.73. The third-order valence-electron chi connectivity index (χ3n) is 2.85. The maximum Gasteiger partial charge on any atom is 0.106 e. The molecular formula is C14H14BrNO. The van der Waals surface area contributed by atoms with Crippen LogP contribution in [0.5, 0.6) is 0 Å². The van der Waals surface area contributed by atoms with Crippen molar-refractivity contribution in [3.63, 3.8) is 0 Å². The van der Waals surface area contributed by atoms with Gasteiger partial charge in [-0.05, 0) is 37.1 Å². The fourth-order valence-electron chi connectivity index (χ4n) is 1.74. The van der Waals surface area contributed by atoms with E-state index >= 15 is 0 Å². The van der Waals surface area contributed by atoms with Crippen molar-refractivity contribution in [2.75, 3.05) is 0 Å². The van der Waals surface area contributed by atoms with Gasteiger partial charge in [0.1, 0.15) is 6.10 Å². The minimum Gasteiger partial charge on any atom is -0.384 e. The van der Waals surface area contributed by atoms with Crippen molar-refractivity contribution >= 4 is 15.9 Å². The Morgan fingerprint density at radius 2 is 1.94 bits per heavy atom. The van der Waals surface area contributed by atoms with Crippen molar-refractivity contribution in [3.05, 3.63) is 63.4 Å². The standard InChI is InChI=1S/C14H14BrNO/c1-9-6-7-11(8-16-9)14(17)12-4-3-5-13(15)10(12)2/h3-8,14,17H,1-2H3. The molecule has 1 N–H and O–H groups in total. The molecule has 0 saturated carbocycles. The average molecular weight is 292 g/mol. The Labute approximate surface area is 109 Å². The lowest BCUT2D eigenvalue weighted by molar-refractivity contribution is 0.219. The van der Waals surface area contributed by atoms with Crippen molar-refractivity contribution in [1.29, 1.82) is 0 Å². The quantitative estimate of drug-likeness (QED) is 0.918. The molecule has 1 atom stereocenters. The lowest BCUT2D eigenvalue weighted by atomic mass is 9.99. The van der Waals surface area contributed by atoms with Crippen LogP contribution >= 0.6 is 15.9 Å². The molecule has 2 nitrogen and oxygen atoms in total. The van der Waals surface area contributed by atoms with E-state index < -0.39 is 6.10 Å². The number of hydrogen-bond acceptors (Lipinski definition) is 2. The Hall–Kier alpha value is -1.19. The minimum absolute atomic E-state index is 0.624. The van der Waals surface area contributed by atoms with E-state index in [1.807, 2.05) is 44.2 Å². The molecule has 17 heavy (non-hydrogen) atoms. The molecule has 1 aromatic carbocycles. The first kappa shape index (κ1) is 12.3. The van der Waals surface area contributed by atoms with Crippen LogP contribution in [0.15, 0.2) is 41.0 Å². The first-order valence-corrected chi connectivity index (χ1v) is 6.24. The average Bonchev–Trinajstić information content (AvgIpc) is 2.33. The zero-order valence-electron chi connectivity index (χ0n) is 9.81. The SMILES string of the molecule is Cc1ccc(C(O)c2cccc(Br)c2C)cn1. The van der Waals surface area contributed by atoms with Gasteiger partial charge < -0.3 is 5.11 Å². The van der Waals surface area contributed by atoms with Gasteiger partial charge in [-0.3, -0.25) is 4.98 Å². The molecule has 1 heterocycles. The third kappa shape index (κ3) is 2.56. The number of aryl methyl sites for hydroxylation is 1. The fraction of sp³-hybridized carbons (Fsp3) is 0.214. The van der Waals surface area contributed by atoms with Crippen LogP contribution in [-0.4, -0.2) is 10.1 Å². The number of aliphatic hydroxyl groups is 1. The highest BCUT2D eigenvalue weighted by molar-refractivity contribution is 9.10. The van der Waals surface area contributed by atoms with Crippen LogP contribution < -0.4 is 0 Å². The van der Waals surface area contributed by atoms with Gasteiger partial charge in [0.05, 0.1) is 0 Å². The van der Waals surface area contributed by atoms with E-state index in [0.717, 1.165) is 26.9 Å². The van der Waals surface area contributed by atoms with Gasteiger partial charge in [-0.15, -0.1) is 0 Å². The Morgan fingerprint density at radius 3 is 2.59 bits per heavy atom. The predicted molar refractivity (Wildman–Crippen MR) is 71.9 cm³/mol. The van der Waals surface area contributed by atoms with Gasteiger partial charge in [0, 0.05) is 21.9 Å². The molecule has 0 spiro atoms. The van der Waals surface area contributed by atoms with Crippen LogP contribution in [0.3, 0.4) is 0 Å². The number of pyridine rings is 1. The first-order chi connectivity index (χ1) is 8.09. The summed E-state index contributed by atoms with van der Waals surface area (Å²) in [5, 5.41) is 10.3. The largest absolute Gasteiger partial charge is 0.384 e. The lowest BCUT2D eigenvalue weighted by Crippen LogP contribution is -2.03.